The van der Waals surface area contributed by atoms with Crippen LogP contribution in [0.4, 0.5) is 5.69 Å². The zero-order chi connectivity index (χ0) is 18.1. The summed E-state index contributed by atoms with van der Waals surface area (Å²) >= 11 is 6.07. The van der Waals surface area contributed by atoms with E-state index in [1.807, 2.05) is 49.4 Å². The van der Waals surface area contributed by atoms with Crippen molar-refractivity contribution in [3.05, 3.63) is 53.6 Å². The third kappa shape index (κ3) is 5.96. The van der Waals surface area contributed by atoms with Crippen LogP contribution < -0.4 is 19.7 Å². The van der Waals surface area contributed by atoms with Crippen LogP contribution in [0, 0.1) is 0 Å². The van der Waals surface area contributed by atoms with Crippen LogP contribution in [0.2, 0.25) is 5.02 Å². The fraction of sp³-hybridized carbons (Fsp3) is 0.316. The topological polar surface area (TPSA) is 52.0 Å². The van der Waals surface area contributed by atoms with Gasteiger partial charge in [-0.05, 0) is 31.2 Å². The fourth-order valence-electron chi connectivity index (χ4n) is 2.43. The molecule has 2 aromatic rings. The summed E-state index contributed by atoms with van der Waals surface area (Å²) in [5.41, 5.74) is 0.678. The second kappa shape index (κ2) is 9.91. The maximum Gasteiger partial charge on any atom is 0.279 e. The molecule has 0 radical (unpaired) electrons. The summed E-state index contributed by atoms with van der Waals surface area (Å²) < 4.78 is 10.9. The van der Waals surface area contributed by atoms with Crippen molar-refractivity contribution < 1.29 is 19.2 Å². The van der Waals surface area contributed by atoms with Crippen LogP contribution in [0.15, 0.2) is 48.5 Å². The molecule has 0 aromatic heterocycles. The molecule has 1 atom stereocenters. The molecule has 2 N–H and O–H groups in total. The van der Waals surface area contributed by atoms with Gasteiger partial charge >= 0.3 is 0 Å². The molecule has 0 saturated carbocycles. The Labute approximate surface area is 153 Å². The number of carbonyl (C=O) groups excluding carboxylic acids is 1. The van der Waals surface area contributed by atoms with Crippen LogP contribution in [-0.2, 0) is 4.79 Å². The molecular weight excluding hydrogens is 340 g/mol. The largest absolute Gasteiger partial charge is 0.495 e. The van der Waals surface area contributed by atoms with Crippen molar-refractivity contribution in [2.24, 2.45) is 0 Å². The van der Waals surface area contributed by atoms with Gasteiger partial charge in [-0.2, -0.15) is 0 Å². The minimum absolute atomic E-state index is 0.0564. The van der Waals surface area contributed by atoms with E-state index in [0.29, 0.717) is 41.9 Å². The number of nitrogens with one attached hydrogen (secondary N) is 2. The molecular formula is C19H24ClN2O3+. The number of likely N-dealkylation sites (N-methyl/N-ethyl adjacent to an activating group) is 1. The minimum atomic E-state index is -0.0564. The number of rotatable bonds is 9. The molecule has 0 aliphatic rings. The Morgan fingerprint density at radius 3 is 2.48 bits per heavy atom. The third-order valence-electron chi connectivity index (χ3n) is 3.84. The average molecular weight is 364 g/mol. The maximum atomic E-state index is 12.3. The number of quaternary nitrogens is 1. The molecule has 6 heteroatoms. The quantitative estimate of drug-likeness (QED) is 0.718. The number of benzene rings is 2. The predicted octanol–water partition coefficient (Wildman–Crippen LogP) is 2.27. The van der Waals surface area contributed by atoms with Gasteiger partial charge in [-0.3, -0.25) is 4.79 Å². The summed E-state index contributed by atoms with van der Waals surface area (Å²) in [7, 11) is 1.58. The molecule has 5 nitrogen and oxygen atoms in total. The van der Waals surface area contributed by atoms with Crippen molar-refractivity contribution in [1.82, 2.24) is 0 Å². The first kappa shape index (κ1) is 19.1. The number of hydrogen-bond acceptors (Lipinski definition) is 3. The van der Waals surface area contributed by atoms with Gasteiger partial charge in [0.2, 0.25) is 0 Å². The second-order valence-corrected chi connectivity index (χ2v) is 5.96. The van der Waals surface area contributed by atoms with E-state index in [1.165, 1.54) is 0 Å². The zero-order valence-corrected chi connectivity index (χ0v) is 15.3. The number of anilines is 1. The number of methoxy groups -OCH3 is 1. The standard InChI is InChI=1S/C19H23ClN2O3/c1-3-22(12-13-25-17-10-6-4-8-15(17)20)14-19(23)21-16-9-5-7-11-18(16)24-2/h4-11H,3,12-14H2,1-2H3,(H,21,23)/p+1. The highest BCUT2D eigenvalue weighted by molar-refractivity contribution is 6.32. The summed E-state index contributed by atoms with van der Waals surface area (Å²) in [5, 5.41) is 3.49. The molecule has 1 amide bonds. The van der Waals surface area contributed by atoms with Gasteiger partial charge in [0.15, 0.2) is 6.54 Å². The second-order valence-electron chi connectivity index (χ2n) is 5.56. The average Bonchev–Trinajstić information content (AvgIpc) is 2.62. The van der Waals surface area contributed by atoms with E-state index >= 15 is 0 Å². The molecule has 25 heavy (non-hydrogen) atoms. The molecule has 2 rings (SSSR count). The third-order valence-corrected chi connectivity index (χ3v) is 4.15. The SMILES string of the molecule is CC[NH+](CCOc1ccccc1Cl)CC(=O)Nc1ccccc1OC. The molecule has 0 spiro atoms. The number of hydrogen-bond donors (Lipinski definition) is 2. The van der Waals surface area contributed by atoms with Crippen molar-refractivity contribution in [3.63, 3.8) is 0 Å². The van der Waals surface area contributed by atoms with Gasteiger partial charge in [-0.15, -0.1) is 0 Å². The van der Waals surface area contributed by atoms with Gasteiger partial charge in [0.05, 0.1) is 24.4 Å². The highest BCUT2D eigenvalue weighted by Crippen LogP contribution is 2.23. The fourth-order valence-corrected chi connectivity index (χ4v) is 2.62. The summed E-state index contributed by atoms with van der Waals surface area (Å²) in [6.45, 7) is 4.43. The molecule has 1 unspecified atom stereocenters. The summed E-state index contributed by atoms with van der Waals surface area (Å²) in [4.78, 5) is 13.4. The Morgan fingerprint density at radius 2 is 1.80 bits per heavy atom. The van der Waals surface area contributed by atoms with Gasteiger partial charge in [0.1, 0.15) is 24.7 Å². The lowest BCUT2D eigenvalue weighted by Crippen LogP contribution is -3.13. The lowest BCUT2D eigenvalue weighted by molar-refractivity contribution is -0.889. The van der Waals surface area contributed by atoms with E-state index in [1.54, 1.807) is 13.2 Å². The first-order valence-corrected chi connectivity index (χ1v) is 8.65. The van der Waals surface area contributed by atoms with Crippen LogP contribution in [0.3, 0.4) is 0 Å². The summed E-state index contributed by atoms with van der Waals surface area (Å²) in [6.07, 6.45) is 0. The first-order valence-electron chi connectivity index (χ1n) is 8.27. The van der Waals surface area contributed by atoms with E-state index in [4.69, 9.17) is 21.1 Å². The molecule has 0 saturated heterocycles. The van der Waals surface area contributed by atoms with Gasteiger partial charge in [-0.25, -0.2) is 0 Å². The molecule has 0 aliphatic carbocycles. The predicted molar refractivity (Wildman–Crippen MR) is 99.8 cm³/mol. The molecule has 134 valence electrons. The Hall–Kier alpha value is -2.24. The Kier molecular flexibility index (Phi) is 7.57. The van der Waals surface area contributed by atoms with Gasteiger partial charge in [0, 0.05) is 0 Å². The van der Waals surface area contributed by atoms with Crippen molar-refractivity contribution in [3.8, 4) is 11.5 Å². The number of ether oxygens (including phenoxy) is 2. The van der Waals surface area contributed by atoms with Gasteiger partial charge in [0.25, 0.3) is 5.91 Å². The number of amides is 1. The van der Waals surface area contributed by atoms with Crippen LogP contribution >= 0.6 is 11.6 Å². The van der Waals surface area contributed by atoms with Crippen LogP contribution in [-0.4, -0.2) is 39.3 Å². The number of para-hydroxylation sites is 3. The Morgan fingerprint density at radius 1 is 1.12 bits per heavy atom. The molecule has 0 bridgehead atoms. The number of halogens is 1. The monoisotopic (exact) mass is 363 g/mol. The highest BCUT2D eigenvalue weighted by Gasteiger charge is 2.14. The van der Waals surface area contributed by atoms with E-state index in [9.17, 15) is 4.79 Å². The molecule has 0 aliphatic heterocycles. The lowest BCUT2D eigenvalue weighted by atomic mass is 10.3. The molecule has 0 fully saturated rings. The normalized spacial score (nSPS) is 11.6. The zero-order valence-electron chi connectivity index (χ0n) is 14.5. The van der Waals surface area contributed by atoms with Crippen molar-refractivity contribution in [2.45, 2.75) is 6.92 Å². The van der Waals surface area contributed by atoms with Crippen LogP contribution in [0.25, 0.3) is 0 Å². The molecule has 2 aromatic carbocycles. The van der Waals surface area contributed by atoms with Crippen molar-refractivity contribution in [2.75, 3.05) is 38.7 Å². The smallest absolute Gasteiger partial charge is 0.279 e. The number of carbonyl (C=O) groups is 1. The minimum Gasteiger partial charge on any atom is -0.495 e. The van der Waals surface area contributed by atoms with E-state index in [-0.39, 0.29) is 5.91 Å². The summed E-state index contributed by atoms with van der Waals surface area (Å²) in [6, 6.07) is 14.7. The van der Waals surface area contributed by atoms with Crippen molar-refractivity contribution >= 4 is 23.2 Å². The highest BCUT2D eigenvalue weighted by atomic mass is 35.5. The van der Waals surface area contributed by atoms with E-state index < -0.39 is 0 Å². The van der Waals surface area contributed by atoms with Gasteiger partial charge < -0.3 is 19.7 Å². The molecule has 0 heterocycles. The first-order chi connectivity index (χ1) is 12.1. The Bertz CT molecular complexity index is 694. The van der Waals surface area contributed by atoms with E-state index in [0.717, 1.165) is 11.4 Å². The van der Waals surface area contributed by atoms with Crippen molar-refractivity contribution in [1.29, 1.82) is 0 Å². The Balaban J connectivity index is 1.82. The van der Waals surface area contributed by atoms with Gasteiger partial charge in [-0.1, -0.05) is 35.9 Å². The van der Waals surface area contributed by atoms with Crippen LogP contribution in [0.1, 0.15) is 6.92 Å². The lowest BCUT2D eigenvalue weighted by Gasteiger charge is -2.18. The summed E-state index contributed by atoms with van der Waals surface area (Å²) in [5.74, 6) is 1.26. The van der Waals surface area contributed by atoms with E-state index in [2.05, 4.69) is 5.32 Å². The van der Waals surface area contributed by atoms with Crippen LogP contribution in [0.5, 0.6) is 11.5 Å². The maximum absolute atomic E-state index is 12.3.